The Morgan fingerprint density at radius 2 is 2.11 bits per heavy atom. The summed E-state index contributed by atoms with van der Waals surface area (Å²) in [5.74, 6) is 1.84. The van der Waals surface area contributed by atoms with Crippen LogP contribution in [-0.2, 0) is 17.7 Å². The van der Waals surface area contributed by atoms with Crippen LogP contribution in [0.3, 0.4) is 0 Å². The van der Waals surface area contributed by atoms with E-state index < -0.39 is 0 Å². The van der Waals surface area contributed by atoms with Crippen molar-refractivity contribution in [2.75, 3.05) is 44.3 Å². The van der Waals surface area contributed by atoms with Crippen molar-refractivity contribution in [1.82, 2.24) is 20.6 Å². The predicted molar refractivity (Wildman–Crippen MR) is 115 cm³/mol. The molecule has 1 aliphatic heterocycles. The van der Waals surface area contributed by atoms with Crippen LogP contribution < -0.4 is 15.5 Å². The van der Waals surface area contributed by atoms with Gasteiger partial charge in [-0.15, -0.1) is 11.3 Å². The molecule has 7 nitrogen and oxygen atoms in total. The summed E-state index contributed by atoms with van der Waals surface area (Å²) in [6.45, 7) is 11.7. The molecule has 0 spiro atoms. The molecule has 1 saturated heterocycles. The highest BCUT2D eigenvalue weighted by Crippen LogP contribution is 2.19. The van der Waals surface area contributed by atoms with Gasteiger partial charge in [-0.25, -0.2) is 15.0 Å². The van der Waals surface area contributed by atoms with E-state index in [2.05, 4.69) is 52.3 Å². The first-order valence-corrected chi connectivity index (χ1v) is 10.7. The highest BCUT2D eigenvalue weighted by atomic mass is 32.1. The molecule has 2 aromatic rings. The first-order chi connectivity index (χ1) is 13.7. The topological polar surface area (TPSA) is 74.7 Å². The zero-order valence-corrected chi connectivity index (χ0v) is 17.8. The van der Waals surface area contributed by atoms with Gasteiger partial charge in [0.15, 0.2) is 5.96 Å². The number of hydrogen-bond acceptors (Lipinski definition) is 6. The third-order valence-corrected chi connectivity index (χ3v) is 5.77. The fraction of sp³-hybridized carbons (Fsp3) is 0.550. The van der Waals surface area contributed by atoms with E-state index >= 15 is 0 Å². The number of pyridine rings is 1. The average Bonchev–Trinajstić information content (AvgIpc) is 3.04. The molecule has 0 saturated carbocycles. The molecule has 1 aliphatic rings. The molecular formula is C20H30N6OS. The van der Waals surface area contributed by atoms with Gasteiger partial charge in [0.25, 0.3) is 0 Å². The lowest BCUT2D eigenvalue weighted by molar-refractivity contribution is 0.122. The molecule has 28 heavy (non-hydrogen) atoms. The number of thiazole rings is 1. The van der Waals surface area contributed by atoms with Crippen molar-refractivity contribution in [3.05, 3.63) is 39.5 Å². The lowest BCUT2D eigenvalue weighted by Crippen LogP contribution is -2.38. The number of hydrogen-bond donors (Lipinski definition) is 2. The van der Waals surface area contributed by atoms with Crippen LogP contribution in [0.5, 0.6) is 0 Å². The van der Waals surface area contributed by atoms with Gasteiger partial charge in [0.05, 0.1) is 30.5 Å². The van der Waals surface area contributed by atoms with Crippen molar-refractivity contribution < 1.29 is 4.74 Å². The van der Waals surface area contributed by atoms with Crippen molar-refractivity contribution in [1.29, 1.82) is 0 Å². The van der Waals surface area contributed by atoms with Crippen LogP contribution in [0.15, 0.2) is 23.3 Å². The molecule has 0 atom stereocenters. The molecule has 8 heteroatoms. The fourth-order valence-corrected chi connectivity index (χ4v) is 3.99. The number of aliphatic imine (C=N–C) groups is 1. The quantitative estimate of drug-likeness (QED) is 0.547. The summed E-state index contributed by atoms with van der Waals surface area (Å²) in [5, 5.41) is 7.91. The molecule has 0 amide bonds. The van der Waals surface area contributed by atoms with Gasteiger partial charge in [0, 0.05) is 49.2 Å². The number of nitrogens with one attached hydrogen (secondary N) is 2. The molecule has 3 heterocycles. The van der Waals surface area contributed by atoms with E-state index in [0.29, 0.717) is 6.54 Å². The Balaban J connectivity index is 1.61. The summed E-state index contributed by atoms with van der Waals surface area (Å²) in [6.07, 6.45) is 2.75. The minimum atomic E-state index is 0.589. The van der Waals surface area contributed by atoms with E-state index in [9.17, 15) is 0 Å². The summed E-state index contributed by atoms with van der Waals surface area (Å²) in [7, 11) is 0. The summed E-state index contributed by atoms with van der Waals surface area (Å²) in [6, 6.07) is 4.08. The smallest absolute Gasteiger partial charge is 0.191 e. The summed E-state index contributed by atoms with van der Waals surface area (Å²) >= 11 is 1.77. The van der Waals surface area contributed by atoms with Crippen molar-refractivity contribution in [2.24, 2.45) is 4.99 Å². The zero-order chi connectivity index (χ0) is 19.8. The molecule has 0 aromatic carbocycles. The number of guanidine groups is 1. The Labute approximate surface area is 171 Å². The van der Waals surface area contributed by atoms with Gasteiger partial charge in [-0.1, -0.05) is 6.07 Å². The number of anilines is 1. The normalized spacial score (nSPS) is 15.0. The first-order valence-electron chi connectivity index (χ1n) is 9.89. The molecule has 0 unspecified atom stereocenters. The SMILES string of the molecule is CCNC(=NCc1cccnc1N1CCOCC1)NCCc1nc(C)c(C)s1. The Hall–Kier alpha value is -2.19. The number of ether oxygens (including phenoxy) is 1. The monoisotopic (exact) mass is 402 g/mol. The van der Waals surface area contributed by atoms with Crippen molar-refractivity contribution in [3.63, 3.8) is 0 Å². The Bertz CT molecular complexity index is 765. The van der Waals surface area contributed by atoms with Gasteiger partial charge in [0.1, 0.15) is 5.82 Å². The second kappa shape index (κ2) is 10.4. The highest BCUT2D eigenvalue weighted by Gasteiger charge is 2.15. The van der Waals surface area contributed by atoms with Crippen LogP contribution in [0.4, 0.5) is 5.82 Å². The van der Waals surface area contributed by atoms with Crippen LogP contribution in [0.1, 0.15) is 28.1 Å². The largest absolute Gasteiger partial charge is 0.378 e. The predicted octanol–water partition coefficient (Wildman–Crippen LogP) is 2.29. The maximum Gasteiger partial charge on any atom is 0.191 e. The van der Waals surface area contributed by atoms with Gasteiger partial charge < -0.3 is 20.3 Å². The van der Waals surface area contributed by atoms with Gasteiger partial charge in [-0.2, -0.15) is 0 Å². The lowest BCUT2D eigenvalue weighted by atomic mass is 10.2. The maximum absolute atomic E-state index is 5.46. The molecule has 0 radical (unpaired) electrons. The van der Waals surface area contributed by atoms with E-state index in [1.165, 1.54) is 9.88 Å². The Morgan fingerprint density at radius 1 is 1.29 bits per heavy atom. The van der Waals surface area contributed by atoms with Gasteiger partial charge in [-0.05, 0) is 26.8 Å². The summed E-state index contributed by atoms with van der Waals surface area (Å²) in [4.78, 5) is 17.5. The molecule has 2 N–H and O–H groups in total. The van der Waals surface area contributed by atoms with Gasteiger partial charge >= 0.3 is 0 Å². The Kier molecular flexibility index (Phi) is 7.62. The van der Waals surface area contributed by atoms with Crippen LogP contribution >= 0.6 is 11.3 Å². The third-order valence-electron chi connectivity index (χ3n) is 4.63. The number of morpholine rings is 1. The number of rotatable bonds is 7. The molecule has 3 rings (SSSR count). The first kappa shape index (κ1) is 20.5. The minimum Gasteiger partial charge on any atom is -0.378 e. The highest BCUT2D eigenvalue weighted by molar-refractivity contribution is 7.11. The van der Waals surface area contributed by atoms with Crippen LogP contribution in [0, 0.1) is 13.8 Å². The van der Waals surface area contributed by atoms with E-state index in [0.717, 1.165) is 68.8 Å². The van der Waals surface area contributed by atoms with Crippen LogP contribution in [0.2, 0.25) is 0 Å². The average molecular weight is 403 g/mol. The van der Waals surface area contributed by atoms with Gasteiger partial charge in [0.2, 0.25) is 0 Å². The number of aryl methyl sites for hydroxylation is 2. The van der Waals surface area contributed by atoms with E-state index in [1.54, 1.807) is 11.3 Å². The van der Waals surface area contributed by atoms with Crippen LogP contribution in [-0.4, -0.2) is 55.3 Å². The number of nitrogens with zero attached hydrogens (tertiary/aromatic N) is 4. The van der Waals surface area contributed by atoms with E-state index in [1.807, 2.05) is 12.3 Å². The third kappa shape index (κ3) is 5.65. The number of aromatic nitrogens is 2. The summed E-state index contributed by atoms with van der Waals surface area (Å²) in [5.41, 5.74) is 2.26. The van der Waals surface area contributed by atoms with Crippen LogP contribution in [0.25, 0.3) is 0 Å². The van der Waals surface area contributed by atoms with E-state index in [4.69, 9.17) is 9.73 Å². The Morgan fingerprint density at radius 3 is 2.82 bits per heavy atom. The molecular weight excluding hydrogens is 372 g/mol. The fourth-order valence-electron chi connectivity index (χ4n) is 3.05. The lowest BCUT2D eigenvalue weighted by Gasteiger charge is -2.29. The second-order valence-electron chi connectivity index (χ2n) is 6.71. The van der Waals surface area contributed by atoms with Crippen molar-refractivity contribution in [3.8, 4) is 0 Å². The second-order valence-corrected chi connectivity index (χ2v) is 7.99. The molecule has 0 bridgehead atoms. The van der Waals surface area contributed by atoms with E-state index in [-0.39, 0.29) is 0 Å². The molecule has 2 aromatic heterocycles. The minimum absolute atomic E-state index is 0.589. The standard InChI is InChI=1S/C20H30N6OS/c1-4-21-20(23-9-7-18-25-15(2)16(3)28-18)24-14-17-6-5-8-22-19(17)26-10-12-27-13-11-26/h5-6,8H,4,7,9-14H2,1-3H3,(H2,21,23,24). The van der Waals surface area contributed by atoms with Crippen molar-refractivity contribution in [2.45, 2.75) is 33.7 Å². The summed E-state index contributed by atoms with van der Waals surface area (Å²) < 4.78 is 5.46. The molecule has 0 aliphatic carbocycles. The zero-order valence-electron chi connectivity index (χ0n) is 17.0. The molecule has 152 valence electrons. The maximum atomic E-state index is 5.46. The molecule has 1 fully saturated rings. The van der Waals surface area contributed by atoms with Crippen molar-refractivity contribution >= 4 is 23.1 Å². The van der Waals surface area contributed by atoms with Gasteiger partial charge in [-0.3, -0.25) is 0 Å².